The lowest BCUT2D eigenvalue weighted by molar-refractivity contribution is -0.144. The molecule has 2 heterocycles. The molecule has 1 aliphatic heterocycles. The minimum Gasteiger partial charge on any atom is -0.479 e. The number of carbonyl (C=O) groups is 2. The summed E-state index contributed by atoms with van der Waals surface area (Å²) in [4.78, 5) is 27.1. The Morgan fingerprint density at radius 1 is 1.47 bits per heavy atom. The van der Waals surface area contributed by atoms with E-state index in [0.29, 0.717) is 0 Å². The van der Waals surface area contributed by atoms with Crippen LogP contribution in [0.15, 0.2) is 12.3 Å². The summed E-state index contributed by atoms with van der Waals surface area (Å²) < 4.78 is 5.05. The van der Waals surface area contributed by atoms with E-state index in [9.17, 15) is 14.7 Å². The maximum atomic E-state index is 12.1. The molecule has 1 atom stereocenters. The standard InChI is InChI=1S/C11H10Cl2N2O4/c12-7-4-14-8(13)3-6(7)9(16)15-11(10(17)18)1-2-19-5-11/h3-4H,1-2,5H2,(H,15,16)(H,17,18). The lowest BCUT2D eigenvalue weighted by atomic mass is 9.98. The molecule has 102 valence electrons. The third kappa shape index (κ3) is 2.80. The lowest BCUT2D eigenvalue weighted by Gasteiger charge is -2.23. The smallest absolute Gasteiger partial charge is 0.331 e. The molecule has 1 aromatic heterocycles. The topological polar surface area (TPSA) is 88.5 Å². The van der Waals surface area contributed by atoms with Gasteiger partial charge in [-0.25, -0.2) is 9.78 Å². The minimum atomic E-state index is -1.42. The second-order valence-corrected chi connectivity index (χ2v) is 4.93. The van der Waals surface area contributed by atoms with Gasteiger partial charge in [-0.2, -0.15) is 0 Å². The third-order valence-corrected chi connectivity index (χ3v) is 3.36. The molecule has 1 amide bonds. The van der Waals surface area contributed by atoms with E-state index in [-0.39, 0.29) is 35.4 Å². The van der Waals surface area contributed by atoms with Crippen LogP contribution in [-0.2, 0) is 9.53 Å². The van der Waals surface area contributed by atoms with Crippen LogP contribution >= 0.6 is 23.2 Å². The van der Waals surface area contributed by atoms with Gasteiger partial charge in [0.15, 0.2) is 5.54 Å². The summed E-state index contributed by atoms with van der Waals surface area (Å²) in [6, 6.07) is 1.28. The van der Waals surface area contributed by atoms with Crippen LogP contribution in [0.2, 0.25) is 10.2 Å². The summed E-state index contributed by atoms with van der Waals surface area (Å²) in [7, 11) is 0. The van der Waals surface area contributed by atoms with Crippen molar-refractivity contribution in [2.45, 2.75) is 12.0 Å². The number of amides is 1. The molecule has 19 heavy (non-hydrogen) atoms. The van der Waals surface area contributed by atoms with Gasteiger partial charge < -0.3 is 15.2 Å². The van der Waals surface area contributed by atoms with Crippen molar-refractivity contribution in [3.8, 4) is 0 Å². The molecular formula is C11H10Cl2N2O4. The van der Waals surface area contributed by atoms with Gasteiger partial charge in [0.05, 0.1) is 17.2 Å². The lowest BCUT2D eigenvalue weighted by Crippen LogP contribution is -2.55. The number of pyridine rings is 1. The molecule has 0 saturated carbocycles. The van der Waals surface area contributed by atoms with Crippen molar-refractivity contribution in [2.75, 3.05) is 13.2 Å². The van der Waals surface area contributed by atoms with E-state index < -0.39 is 17.4 Å². The van der Waals surface area contributed by atoms with E-state index in [2.05, 4.69) is 10.3 Å². The summed E-state index contributed by atoms with van der Waals surface area (Å²) in [5.41, 5.74) is -1.34. The number of hydrogen-bond donors (Lipinski definition) is 2. The van der Waals surface area contributed by atoms with E-state index in [0.717, 1.165) is 0 Å². The van der Waals surface area contributed by atoms with Crippen LogP contribution in [0.3, 0.4) is 0 Å². The Kier molecular flexibility index (Phi) is 3.93. The summed E-state index contributed by atoms with van der Waals surface area (Å²) in [5.74, 6) is -1.77. The third-order valence-electron chi connectivity index (χ3n) is 2.85. The Bertz CT molecular complexity index is 529. The predicted octanol–water partition coefficient (Wildman–Crippen LogP) is 1.36. The Labute approximate surface area is 118 Å². The molecule has 0 bridgehead atoms. The highest BCUT2D eigenvalue weighted by molar-refractivity contribution is 6.35. The molecule has 1 fully saturated rings. The van der Waals surface area contributed by atoms with Gasteiger partial charge in [-0.05, 0) is 6.07 Å². The first-order valence-electron chi connectivity index (χ1n) is 5.39. The van der Waals surface area contributed by atoms with Crippen LogP contribution in [0.1, 0.15) is 16.8 Å². The van der Waals surface area contributed by atoms with Crippen molar-refractivity contribution >= 4 is 35.1 Å². The second kappa shape index (κ2) is 5.32. The first-order chi connectivity index (χ1) is 8.94. The molecule has 8 heteroatoms. The highest BCUT2D eigenvalue weighted by atomic mass is 35.5. The van der Waals surface area contributed by atoms with Gasteiger partial charge in [0.2, 0.25) is 0 Å². The van der Waals surface area contributed by atoms with E-state index in [4.69, 9.17) is 27.9 Å². The number of halogens is 2. The number of carboxylic acid groups (broad SMARTS) is 1. The number of aliphatic carboxylic acids is 1. The molecular weight excluding hydrogens is 295 g/mol. The second-order valence-electron chi connectivity index (χ2n) is 4.13. The molecule has 1 aromatic rings. The summed E-state index contributed by atoms with van der Waals surface area (Å²) in [6.07, 6.45) is 1.43. The number of hydrogen-bond acceptors (Lipinski definition) is 4. The maximum absolute atomic E-state index is 12.1. The Morgan fingerprint density at radius 3 is 2.79 bits per heavy atom. The fourth-order valence-electron chi connectivity index (χ4n) is 1.76. The fourth-order valence-corrected chi connectivity index (χ4v) is 2.10. The molecule has 1 unspecified atom stereocenters. The highest BCUT2D eigenvalue weighted by Crippen LogP contribution is 2.22. The zero-order chi connectivity index (χ0) is 14.0. The summed E-state index contributed by atoms with van der Waals surface area (Å²) >= 11 is 11.5. The van der Waals surface area contributed by atoms with Gasteiger partial charge in [-0.3, -0.25) is 4.79 Å². The maximum Gasteiger partial charge on any atom is 0.331 e. The van der Waals surface area contributed by atoms with Gasteiger partial charge >= 0.3 is 5.97 Å². The normalized spacial score (nSPS) is 22.2. The van der Waals surface area contributed by atoms with Crippen molar-refractivity contribution in [1.82, 2.24) is 10.3 Å². The molecule has 2 rings (SSSR count). The largest absolute Gasteiger partial charge is 0.479 e. The molecule has 1 saturated heterocycles. The van der Waals surface area contributed by atoms with Gasteiger partial charge in [0.1, 0.15) is 5.15 Å². The van der Waals surface area contributed by atoms with Crippen molar-refractivity contribution in [3.05, 3.63) is 28.0 Å². The molecule has 0 spiro atoms. The Balaban J connectivity index is 2.25. The average Bonchev–Trinajstić information content (AvgIpc) is 2.82. The van der Waals surface area contributed by atoms with E-state index >= 15 is 0 Å². The molecule has 6 nitrogen and oxygen atoms in total. The monoisotopic (exact) mass is 304 g/mol. The van der Waals surface area contributed by atoms with Gasteiger partial charge in [-0.1, -0.05) is 23.2 Å². The highest BCUT2D eigenvalue weighted by Gasteiger charge is 2.44. The van der Waals surface area contributed by atoms with Crippen molar-refractivity contribution < 1.29 is 19.4 Å². The number of rotatable bonds is 3. The van der Waals surface area contributed by atoms with Crippen LogP contribution in [0.4, 0.5) is 0 Å². The SMILES string of the molecule is O=C(NC1(C(=O)O)CCOC1)c1cc(Cl)ncc1Cl. The molecule has 0 aliphatic carbocycles. The molecule has 2 N–H and O–H groups in total. The Morgan fingerprint density at radius 2 is 2.21 bits per heavy atom. The van der Waals surface area contributed by atoms with E-state index in [1.54, 1.807) is 0 Å². The molecule has 1 aliphatic rings. The number of nitrogens with one attached hydrogen (secondary N) is 1. The van der Waals surface area contributed by atoms with Crippen molar-refractivity contribution in [1.29, 1.82) is 0 Å². The van der Waals surface area contributed by atoms with Crippen LogP contribution in [-0.4, -0.2) is 40.7 Å². The number of carboxylic acids is 1. The predicted molar refractivity (Wildman–Crippen MR) is 67.5 cm³/mol. The zero-order valence-corrected chi connectivity index (χ0v) is 11.2. The van der Waals surface area contributed by atoms with E-state index in [1.807, 2.05) is 0 Å². The number of nitrogens with zero attached hydrogens (tertiary/aromatic N) is 1. The van der Waals surface area contributed by atoms with Crippen LogP contribution in [0, 0.1) is 0 Å². The first-order valence-corrected chi connectivity index (χ1v) is 6.15. The zero-order valence-electron chi connectivity index (χ0n) is 9.65. The molecule has 0 aromatic carbocycles. The quantitative estimate of drug-likeness (QED) is 0.823. The van der Waals surface area contributed by atoms with Crippen LogP contribution in [0.25, 0.3) is 0 Å². The minimum absolute atomic E-state index is 0.0780. The van der Waals surface area contributed by atoms with Crippen LogP contribution in [0.5, 0.6) is 0 Å². The van der Waals surface area contributed by atoms with E-state index in [1.165, 1.54) is 12.3 Å². The number of aromatic nitrogens is 1. The number of carbonyl (C=O) groups excluding carboxylic acids is 1. The Hall–Kier alpha value is -1.37. The first kappa shape index (κ1) is 14.0. The van der Waals surface area contributed by atoms with Gasteiger partial charge in [0, 0.05) is 19.2 Å². The van der Waals surface area contributed by atoms with Crippen LogP contribution < -0.4 is 5.32 Å². The van der Waals surface area contributed by atoms with Crippen molar-refractivity contribution in [3.63, 3.8) is 0 Å². The molecule has 0 radical (unpaired) electrons. The van der Waals surface area contributed by atoms with Gasteiger partial charge in [0.25, 0.3) is 5.91 Å². The van der Waals surface area contributed by atoms with Crippen molar-refractivity contribution in [2.24, 2.45) is 0 Å². The van der Waals surface area contributed by atoms with Gasteiger partial charge in [-0.15, -0.1) is 0 Å². The summed E-state index contributed by atoms with van der Waals surface area (Å²) in [6.45, 7) is 0.196. The summed E-state index contributed by atoms with van der Waals surface area (Å²) in [5, 5.41) is 11.9. The number of ether oxygens (including phenoxy) is 1. The fraction of sp³-hybridized carbons (Fsp3) is 0.364. The average molecular weight is 305 g/mol.